The van der Waals surface area contributed by atoms with Crippen molar-refractivity contribution in [2.24, 2.45) is 4.99 Å². The van der Waals surface area contributed by atoms with Crippen LogP contribution in [0.5, 0.6) is 0 Å². The molecule has 2 aliphatic heterocycles. The highest BCUT2D eigenvalue weighted by Gasteiger charge is 2.66. The van der Waals surface area contributed by atoms with Gasteiger partial charge in [0.25, 0.3) is 5.91 Å². The predicted octanol–water partition coefficient (Wildman–Crippen LogP) is 1.92. The summed E-state index contributed by atoms with van der Waals surface area (Å²) in [5, 5.41) is 0.228. The molecule has 0 N–H and O–H groups in total. The van der Waals surface area contributed by atoms with E-state index in [9.17, 15) is 4.79 Å². The number of carbonyl (C=O) groups excluding carboxylic acids is 1. The summed E-state index contributed by atoms with van der Waals surface area (Å²) in [4.78, 5) is 18.4. The Kier molecular flexibility index (Phi) is 2.20. The molecule has 15 heavy (non-hydrogen) atoms. The maximum Gasteiger partial charge on any atom is 0.254 e. The van der Waals surface area contributed by atoms with E-state index in [4.69, 9.17) is 0 Å². The molecule has 0 bridgehead atoms. The Morgan fingerprint density at radius 2 is 2.07 bits per heavy atom. The van der Waals surface area contributed by atoms with Crippen LogP contribution >= 0.6 is 11.8 Å². The van der Waals surface area contributed by atoms with Gasteiger partial charge in [-0.25, -0.2) is 0 Å². The van der Waals surface area contributed by atoms with E-state index in [0.29, 0.717) is 6.04 Å². The van der Waals surface area contributed by atoms with E-state index >= 15 is 0 Å². The van der Waals surface area contributed by atoms with Gasteiger partial charge in [-0.3, -0.25) is 9.79 Å². The van der Waals surface area contributed by atoms with Crippen molar-refractivity contribution in [2.45, 2.75) is 56.3 Å². The van der Waals surface area contributed by atoms with E-state index in [2.05, 4.69) is 25.8 Å². The molecule has 2 saturated heterocycles. The topological polar surface area (TPSA) is 32.7 Å². The van der Waals surface area contributed by atoms with Gasteiger partial charge in [0.15, 0.2) is 5.54 Å². The van der Waals surface area contributed by atoms with E-state index in [1.807, 2.05) is 30.5 Å². The lowest BCUT2D eigenvalue weighted by molar-refractivity contribution is -0.153. The maximum atomic E-state index is 12.1. The Morgan fingerprint density at radius 3 is 2.60 bits per heavy atom. The van der Waals surface area contributed by atoms with E-state index in [0.717, 1.165) is 0 Å². The number of thioether (sulfide) groups is 1. The third-order valence-electron chi connectivity index (χ3n) is 3.64. The Balaban J connectivity index is 2.31. The molecule has 3 atom stereocenters. The molecular weight excluding hydrogens is 208 g/mol. The molecule has 84 valence electrons. The molecule has 2 heterocycles. The number of carbonyl (C=O) groups is 1. The largest absolute Gasteiger partial charge is 0.321 e. The van der Waals surface area contributed by atoms with Crippen LogP contribution in [0.3, 0.4) is 0 Å². The monoisotopic (exact) mass is 226 g/mol. The Morgan fingerprint density at radius 1 is 1.47 bits per heavy atom. The number of fused-ring (bicyclic) bond motifs is 1. The van der Waals surface area contributed by atoms with Gasteiger partial charge in [-0.05, 0) is 40.8 Å². The van der Waals surface area contributed by atoms with Gasteiger partial charge in [-0.15, -0.1) is 11.8 Å². The van der Waals surface area contributed by atoms with E-state index in [1.165, 1.54) is 0 Å². The number of nitrogens with zero attached hydrogens (tertiary/aromatic N) is 2. The van der Waals surface area contributed by atoms with Gasteiger partial charge in [0.1, 0.15) is 5.37 Å². The average Bonchev–Trinajstić information content (AvgIpc) is 2.38. The molecule has 0 aromatic heterocycles. The Bertz CT molecular complexity index is 339. The summed E-state index contributed by atoms with van der Waals surface area (Å²) in [7, 11) is 0. The second-order valence-electron chi connectivity index (χ2n) is 5.00. The number of aliphatic imine (C=N–C) groups is 1. The third kappa shape index (κ3) is 1.20. The summed E-state index contributed by atoms with van der Waals surface area (Å²) in [6, 6.07) is 0.306. The number of rotatable bonds is 1. The standard InChI is InChI=1S/C11H18N2OS/c1-6-12-11(5)8(14)13-7(2)10(3,4)15-9(11)13/h6-7,9H,1-5H3/t7-,9?,11+/m0/s1. The summed E-state index contributed by atoms with van der Waals surface area (Å²) in [6.45, 7) is 10.3. The van der Waals surface area contributed by atoms with Gasteiger partial charge in [-0.2, -0.15) is 0 Å². The minimum absolute atomic E-state index is 0.140. The first-order chi connectivity index (χ1) is 6.84. The van der Waals surface area contributed by atoms with E-state index in [1.54, 1.807) is 6.21 Å². The van der Waals surface area contributed by atoms with Crippen molar-refractivity contribution in [1.82, 2.24) is 4.90 Å². The van der Waals surface area contributed by atoms with Crippen LogP contribution in [0, 0.1) is 0 Å². The molecule has 0 radical (unpaired) electrons. The summed E-state index contributed by atoms with van der Waals surface area (Å²) in [6.07, 6.45) is 1.74. The summed E-state index contributed by atoms with van der Waals surface area (Å²) >= 11 is 1.87. The lowest BCUT2D eigenvalue weighted by Crippen LogP contribution is -2.69. The molecule has 0 saturated carbocycles. The molecule has 1 amide bonds. The molecule has 0 spiro atoms. The zero-order chi connectivity index (χ0) is 11.4. The highest BCUT2D eigenvalue weighted by molar-refractivity contribution is 8.01. The van der Waals surface area contributed by atoms with Crippen LogP contribution in [-0.4, -0.2) is 38.7 Å². The first-order valence-electron chi connectivity index (χ1n) is 5.35. The van der Waals surface area contributed by atoms with Crippen molar-refractivity contribution in [3.63, 3.8) is 0 Å². The van der Waals surface area contributed by atoms with E-state index in [-0.39, 0.29) is 16.0 Å². The molecule has 0 aromatic rings. The van der Waals surface area contributed by atoms with Crippen molar-refractivity contribution >= 4 is 23.9 Å². The lowest BCUT2D eigenvalue weighted by atomic mass is 9.87. The zero-order valence-electron chi connectivity index (χ0n) is 9.94. The first kappa shape index (κ1) is 11.0. The summed E-state index contributed by atoms with van der Waals surface area (Å²) < 4.78 is 0.140. The Labute approximate surface area is 95.3 Å². The summed E-state index contributed by atoms with van der Waals surface area (Å²) in [5.41, 5.74) is -0.512. The minimum Gasteiger partial charge on any atom is -0.321 e. The number of hydrogen-bond donors (Lipinski definition) is 0. The van der Waals surface area contributed by atoms with Crippen LogP contribution in [0.15, 0.2) is 4.99 Å². The van der Waals surface area contributed by atoms with Crippen molar-refractivity contribution in [3.8, 4) is 0 Å². The fourth-order valence-corrected chi connectivity index (χ4v) is 4.01. The van der Waals surface area contributed by atoms with Crippen LogP contribution in [0.2, 0.25) is 0 Å². The zero-order valence-corrected chi connectivity index (χ0v) is 10.8. The SMILES string of the molecule is CC=N[C@]1(C)C(=O)N2C1SC(C)(C)[C@@H]2C. The molecule has 3 nitrogen and oxygen atoms in total. The van der Waals surface area contributed by atoms with Crippen molar-refractivity contribution in [2.75, 3.05) is 0 Å². The van der Waals surface area contributed by atoms with Crippen molar-refractivity contribution < 1.29 is 4.79 Å². The van der Waals surface area contributed by atoms with Gasteiger partial charge in [0, 0.05) is 10.8 Å². The van der Waals surface area contributed by atoms with Gasteiger partial charge in [0.05, 0.1) is 0 Å². The summed E-state index contributed by atoms with van der Waals surface area (Å²) in [5.74, 6) is 0.177. The molecule has 2 rings (SSSR count). The molecule has 2 fully saturated rings. The fraction of sp³-hybridized carbons (Fsp3) is 0.818. The highest BCUT2D eigenvalue weighted by atomic mass is 32.2. The lowest BCUT2D eigenvalue weighted by Gasteiger charge is -2.49. The van der Waals surface area contributed by atoms with Crippen molar-refractivity contribution in [1.29, 1.82) is 0 Å². The quantitative estimate of drug-likeness (QED) is 0.505. The van der Waals surface area contributed by atoms with Crippen LogP contribution in [0.4, 0.5) is 0 Å². The van der Waals surface area contributed by atoms with Crippen molar-refractivity contribution in [3.05, 3.63) is 0 Å². The average molecular weight is 226 g/mol. The third-order valence-corrected chi connectivity index (χ3v) is 5.49. The normalized spacial score (nSPS) is 43.3. The second-order valence-corrected chi connectivity index (χ2v) is 6.73. The number of hydrogen-bond acceptors (Lipinski definition) is 3. The van der Waals surface area contributed by atoms with Crippen LogP contribution in [-0.2, 0) is 4.79 Å². The van der Waals surface area contributed by atoms with Crippen LogP contribution in [0.25, 0.3) is 0 Å². The molecular formula is C11H18N2OS. The molecule has 4 heteroatoms. The van der Waals surface area contributed by atoms with E-state index < -0.39 is 5.54 Å². The maximum absolute atomic E-state index is 12.1. The molecule has 2 aliphatic rings. The minimum atomic E-state index is -0.512. The number of amides is 1. The second kappa shape index (κ2) is 3.00. The Hall–Kier alpha value is -0.510. The molecule has 0 aromatic carbocycles. The molecule has 1 unspecified atom stereocenters. The van der Waals surface area contributed by atoms with Crippen LogP contribution < -0.4 is 0 Å². The van der Waals surface area contributed by atoms with Gasteiger partial charge >= 0.3 is 0 Å². The van der Waals surface area contributed by atoms with Gasteiger partial charge in [-0.1, -0.05) is 0 Å². The van der Waals surface area contributed by atoms with Crippen LogP contribution in [0.1, 0.15) is 34.6 Å². The van der Waals surface area contributed by atoms with Gasteiger partial charge in [0.2, 0.25) is 0 Å². The van der Waals surface area contributed by atoms with Gasteiger partial charge < -0.3 is 4.90 Å². The first-order valence-corrected chi connectivity index (χ1v) is 6.23. The smallest absolute Gasteiger partial charge is 0.254 e. The highest BCUT2D eigenvalue weighted by Crippen LogP contribution is 2.55. The predicted molar refractivity (Wildman–Crippen MR) is 64.3 cm³/mol. The number of β-lactam (4-membered cyclic amide) rings is 1. The fourth-order valence-electron chi connectivity index (χ4n) is 2.34. The molecule has 0 aliphatic carbocycles.